The minimum atomic E-state index is -0.434. The molecule has 0 fully saturated rings. The second-order valence-electron chi connectivity index (χ2n) is 3.62. The van der Waals surface area contributed by atoms with E-state index in [0.29, 0.717) is 11.3 Å². The number of ether oxygens (including phenoxy) is 2. The number of aromatic nitrogens is 3. The van der Waals surface area contributed by atoms with Crippen molar-refractivity contribution in [2.24, 2.45) is 0 Å². The number of nitrogens with zero attached hydrogens (tertiary/aromatic N) is 3. The van der Waals surface area contributed by atoms with Gasteiger partial charge < -0.3 is 9.47 Å². The molecule has 0 spiro atoms. The molecule has 0 atom stereocenters. The molecule has 1 amide bonds. The summed E-state index contributed by atoms with van der Waals surface area (Å²) in [4.78, 5) is 15.5. The van der Waals surface area contributed by atoms with E-state index in [1.165, 1.54) is 7.11 Å². The number of amides is 1. The lowest BCUT2D eigenvalue weighted by Gasteiger charge is -2.06. The number of aromatic amines is 1. The molecule has 0 aliphatic heterocycles. The molecular formula is C12H11N5O3. The topological polar surface area (TPSA) is 113 Å². The maximum Gasteiger partial charge on any atom is 0.336 e. The first kappa shape index (κ1) is 13.4. The molecule has 0 bridgehead atoms. The fraction of sp³-hybridized carbons (Fsp3) is 0.167. The number of benzene rings is 1. The number of rotatable bonds is 5. The first-order valence-electron chi connectivity index (χ1n) is 5.61. The van der Waals surface area contributed by atoms with Crippen LogP contribution in [0.2, 0.25) is 0 Å². The Kier molecular flexibility index (Phi) is 4.14. The molecule has 0 unspecified atom stereocenters. The zero-order valence-electron chi connectivity index (χ0n) is 10.6. The van der Waals surface area contributed by atoms with Crippen LogP contribution in [0.3, 0.4) is 0 Å². The number of hydrogen-bond acceptors (Lipinski definition) is 6. The third kappa shape index (κ3) is 3.23. The molecule has 2 N–H and O–H groups in total. The monoisotopic (exact) mass is 273 g/mol. The van der Waals surface area contributed by atoms with Crippen molar-refractivity contribution in [2.45, 2.75) is 0 Å². The quantitative estimate of drug-likeness (QED) is 0.829. The summed E-state index contributed by atoms with van der Waals surface area (Å²) in [7, 11) is 1.41. The van der Waals surface area contributed by atoms with Gasteiger partial charge in [-0.3, -0.25) is 10.1 Å². The van der Waals surface area contributed by atoms with Gasteiger partial charge in [-0.1, -0.05) is 12.1 Å². The molecule has 0 aliphatic carbocycles. The predicted octanol–water partition coefficient (Wildman–Crippen LogP) is 0.702. The summed E-state index contributed by atoms with van der Waals surface area (Å²) in [6.45, 7) is -0.248. The lowest BCUT2D eigenvalue weighted by Crippen LogP contribution is -2.21. The van der Waals surface area contributed by atoms with Gasteiger partial charge in [0.1, 0.15) is 11.8 Å². The van der Waals surface area contributed by atoms with E-state index in [-0.39, 0.29) is 18.6 Å². The summed E-state index contributed by atoms with van der Waals surface area (Å²) in [6.07, 6.45) is 0. The Hall–Kier alpha value is -3.08. The molecule has 102 valence electrons. The van der Waals surface area contributed by atoms with Gasteiger partial charge in [-0.05, 0) is 12.1 Å². The number of nitrogens with one attached hydrogen (secondary N) is 2. The van der Waals surface area contributed by atoms with Gasteiger partial charge in [0.05, 0.1) is 12.7 Å². The van der Waals surface area contributed by atoms with Crippen molar-refractivity contribution < 1.29 is 14.3 Å². The van der Waals surface area contributed by atoms with Gasteiger partial charge in [-0.15, -0.1) is 5.10 Å². The Bertz CT molecular complexity index is 647. The number of carbonyl (C=O) groups is 1. The highest BCUT2D eigenvalue weighted by molar-refractivity contribution is 5.90. The van der Waals surface area contributed by atoms with Gasteiger partial charge in [0.15, 0.2) is 6.61 Å². The minimum absolute atomic E-state index is 0.121. The van der Waals surface area contributed by atoms with Crippen LogP contribution in [0, 0.1) is 11.3 Å². The van der Waals surface area contributed by atoms with Crippen LogP contribution in [0.4, 0.5) is 5.95 Å². The summed E-state index contributed by atoms with van der Waals surface area (Å²) in [6, 6.07) is 8.75. The second-order valence-corrected chi connectivity index (χ2v) is 3.62. The normalized spacial score (nSPS) is 9.60. The number of para-hydroxylation sites is 1. The molecular weight excluding hydrogens is 262 g/mol. The number of carbonyl (C=O) groups excluding carboxylic acids is 1. The highest BCUT2D eigenvalue weighted by atomic mass is 16.5. The molecule has 0 saturated heterocycles. The molecule has 20 heavy (non-hydrogen) atoms. The van der Waals surface area contributed by atoms with E-state index < -0.39 is 5.91 Å². The van der Waals surface area contributed by atoms with Gasteiger partial charge in [-0.25, -0.2) is 5.10 Å². The number of H-pyrrole nitrogens is 1. The van der Waals surface area contributed by atoms with Crippen molar-refractivity contribution in [2.75, 3.05) is 19.0 Å². The zero-order chi connectivity index (χ0) is 14.4. The smallest absolute Gasteiger partial charge is 0.336 e. The molecule has 8 nitrogen and oxygen atoms in total. The molecule has 1 aromatic heterocycles. The Labute approximate surface area is 114 Å². The van der Waals surface area contributed by atoms with Crippen LogP contribution in [0.15, 0.2) is 24.3 Å². The number of methoxy groups -OCH3 is 1. The second kappa shape index (κ2) is 6.19. The summed E-state index contributed by atoms with van der Waals surface area (Å²) in [5.41, 5.74) is 0.363. The minimum Gasteiger partial charge on any atom is -0.482 e. The van der Waals surface area contributed by atoms with E-state index in [2.05, 4.69) is 20.5 Å². The molecule has 1 heterocycles. The van der Waals surface area contributed by atoms with Crippen LogP contribution in [-0.4, -0.2) is 34.8 Å². The lowest BCUT2D eigenvalue weighted by atomic mass is 10.2. The third-order valence-corrected chi connectivity index (χ3v) is 2.27. The molecule has 2 rings (SSSR count). The average Bonchev–Trinajstić information content (AvgIpc) is 2.93. The van der Waals surface area contributed by atoms with E-state index in [1.54, 1.807) is 24.3 Å². The van der Waals surface area contributed by atoms with E-state index in [1.807, 2.05) is 6.07 Å². The van der Waals surface area contributed by atoms with Crippen LogP contribution in [0.25, 0.3) is 0 Å². The van der Waals surface area contributed by atoms with Gasteiger partial charge in [0.2, 0.25) is 5.95 Å². The largest absolute Gasteiger partial charge is 0.482 e. The summed E-state index contributed by atoms with van der Waals surface area (Å²) in [5, 5.41) is 17.5. The first-order chi connectivity index (χ1) is 9.72. The van der Waals surface area contributed by atoms with E-state index in [0.717, 1.165) is 0 Å². The predicted molar refractivity (Wildman–Crippen MR) is 68.2 cm³/mol. The molecule has 8 heteroatoms. The number of anilines is 1. The molecule has 2 aromatic rings. The van der Waals surface area contributed by atoms with Crippen LogP contribution < -0.4 is 14.8 Å². The standard InChI is InChI=1S/C12H11N5O3/c1-19-12-15-11(16-17-12)14-10(18)7-20-9-5-3-2-4-8(9)6-13/h2-5H,7H2,1H3,(H2,14,15,16,17,18). The highest BCUT2D eigenvalue weighted by Gasteiger charge is 2.09. The lowest BCUT2D eigenvalue weighted by molar-refractivity contribution is -0.118. The highest BCUT2D eigenvalue weighted by Crippen LogP contribution is 2.16. The summed E-state index contributed by atoms with van der Waals surface area (Å²) >= 11 is 0. The Morgan fingerprint density at radius 3 is 3.00 bits per heavy atom. The number of nitriles is 1. The maximum absolute atomic E-state index is 11.6. The van der Waals surface area contributed by atoms with Crippen LogP contribution in [-0.2, 0) is 4.79 Å². The van der Waals surface area contributed by atoms with Crippen LogP contribution in [0.1, 0.15) is 5.56 Å². The van der Waals surface area contributed by atoms with Gasteiger partial charge >= 0.3 is 6.01 Å². The van der Waals surface area contributed by atoms with Gasteiger partial charge in [0.25, 0.3) is 5.91 Å². The third-order valence-electron chi connectivity index (χ3n) is 2.27. The van der Waals surface area contributed by atoms with E-state index in [9.17, 15) is 4.79 Å². The summed E-state index contributed by atoms with van der Waals surface area (Å²) < 4.78 is 10.0. The molecule has 0 aliphatic rings. The Morgan fingerprint density at radius 2 is 2.30 bits per heavy atom. The summed E-state index contributed by atoms with van der Waals surface area (Å²) in [5.74, 6) is 0.0702. The molecule has 0 radical (unpaired) electrons. The first-order valence-corrected chi connectivity index (χ1v) is 5.61. The van der Waals surface area contributed by atoms with Crippen molar-refractivity contribution in [1.29, 1.82) is 5.26 Å². The zero-order valence-corrected chi connectivity index (χ0v) is 10.6. The van der Waals surface area contributed by atoms with Crippen LogP contribution >= 0.6 is 0 Å². The average molecular weight is 273 g/mol. The van der Waals surface area contributed by atoms with Crippen molar-refractivity contribution in [3.8, 4) is 17.8 Å². The van der Waals surface area contributed by atoms with Crippen LogP contribution in [0.5, 0.6) is 11.8 Å². The fourth-order valence-corrected chi connectivity index (χ4v) is 1.39. The maximum atomic E-state index is 11.6. The van der Waals surface area contributed by atoms with Crippen molar-refractivity contribution in [1.82, 2.24) is 15.2 Å². The molecule has 1 aromatic carbocycles. The van der Waals surface area contributed by atoms with Crippen molar-refractivity contribution in [3.05, 3.63) is 29.8 Å². The molecule has 0 saturated carbocycles. The van der Waals surface area contributed by atoms with Crippen molar-refractivity contribution in [3.63, 3.8) is 0 Å². The van der Waals surface area contributed by atoms with E-state index in [4.69, 9.17) is 14.7 Å². The van der Waals surface area contributed by atoms with E-state index >= 15 is 0 Å². The SMILES string of the molecule is COc1n[nH]c(NC(=O)COc2ccccc2C#N)n1. The van der Waals surface area contributed by atoms with Crippen molar-refractivity contribution >= 4 is 11.9 Å². The Morgan fingerprint density at radius 1 is 1.50 bits per heavy atom. The van der Waals surface area contributed by atoms with Gasteiger partial charge in [0, 0.05) is 0 Å². The fourth-order valence-electron chi connectivity index (χ4n) is 1.39. The number of hydrogen-bond donors (Lipinski definition) is 2. The Balaban J connectivity index is 1.91. The van der Waals surface area contributed by atoms with Gasteiger partial charge in [-0.2, -0.15) is 10.2 Å².